The maximum atomic E-state index is 12.9. The number of fused-ring (bicyclic) bond motifs is 1. The van der Waals surface area contributed by atoms with E-state index in [9.17, 15) is 4.79 Å². The van der Waals surface area contributed by atoms with E-state index in [1.165, 1.54) is 11.8 Å². The van der Waals surface area contributed by atoms with Crippen molar-refractivity contribution in [2.45, 2.75) is 18.6 Å². The van der Waals surface area contributed by atoms with Gasteiger partial charge in [-0.25, -0.2) is 4.98 Å². The molecule has 1 atom stereocenters. The van der Waals surface area contributed by atoms with E-state index in [-0.39, 0.29) is 11.5 Å². The van der Waals surface area contributed by atoms with E-state index in [0.29, 0.717) is 28.4 Å². The van der Waals surface area contributed by atoms with Crippen LogP contribution in [0.15, 0.2) is 64.5 Å². The molecule has 4 nitrogen and oxygen atoms in total. The molecule has 0 radical (unpaired) electrons. The Morgan fingerprint density at radius 3 is 2.62 bits per heavy atom. The van der Waals surface area contributed by atoms with E-state index < -0.39 is 0 Å². The molecule has 0 aliphatic carbocycles. The lowest BCUT2D eigenvalue weighted by Crippen LogP contribution is -2.24. The maximum Gasteiger partial charge on any atom is 0.262 e. The van der Waals surface area contributed by atoms with Gasteiger partial charge in [0.1, 0.15) is 0 Å². The molecule has 0 aliphatic rings. The number of thioether (sulfide) groups is 1. The predicted molar refractivity (Wildman–Crippen MR) is 97.0 cm³/mol. The summed E-state index contributed by atoms with van der Waals surface area (Å²) in [5, 5.41) is 10.3. The van der Waals surface area contributed by atoms with E-state index in [4.69, 9.17) is 5.26 Å². The first kappa shape index (κ1) is 16.3. The van der Waals surface area contributed by atoms with Gasteiger partial charge in [0.05, 0.1) is 29.4 Å². The molecule has 3 rings (SSSR count). The van der Waals surface area contributed by atoms with Gasteiger partial charge in [0.15, 0.2) is 5.16 Å². The zero-order valence-corrected chi connectivity index (χ0v) is 14.2. The molecule has 0 fully saturated rings. The largest absolute Gasteiger partial charge is 0.283 e. The molecule has 0 spiro atoms. The van der Waals surface area contributed by atoms with Gasteiger partial charge in [-0.3, -0.25) is 9.36 Å². The van der Waals surface area contributed by atoms with Gasteiger partial charge in [-0.2, -0.15) is 5.26 Å². The van der Waals surface area contributed by atoms with Crippen LogP contribution in [0.1, 0.15) is 12.5 Å². The SMILES string of the molecule is C[C@H](C#N)CSc1nc2ccccc2c(=O)n1Cc1ccccc1. The zero-order chi connectivity index (χ0) is 16.9. The van der Waals surface area contributed by atoms with Crippen LogP contribution in [0, 0.1) is 17.2 Å². The first-order valence-corrected chi connectivity index (χ1v) is 8.73. The van der Waals surface area contributed by atoms with E-state index >= 15 is 0 Å². The van der Waals surface area contributed by atoms with Crippen LogP contribution in [0.3, 0.4) is 0 Å². The minimum absolute atomic E-state index is 0.0448. The number of hydrogen-bond donors (Lipinski definition) is 0. The average Bonchev–Trinajstić information content (AvgIpc) is 2.63. The third-order valence-electron chi connectivity index (χ3n) is 3.69. The summed E-state index contributed by atoms with van der Waals surface area (Å²) in [4.78, 5) is 17.6. The fourth-order valence-corrected chi connectivity index (χ4v) is 3.34. The van der Waals surface area contributed by atoms with Gasteiger partial charge in [0.25, 0.3) is 5.56 Å². The summed E-state index contributed by atoms with van der Waals surface area (Å²) in [6.45, 7) is 2.34. The normalized spacial score (nSPS) is 12.0. The Morgan fingerprint density at radius 2 is 1.88 bits per heavy atom. The minimum Gasteiger partial charge on any atom is -0.283 e. The van der Waals surface area contributed by atoms with Crippen LogP contribution < -0.4 is 5.56 Å². The number of hydrogen-bond acceptors (Lipinski definition) is 4. The van der Waals surface area contributed by atoms with Crippen LogP contribution in [0.4, 0.5) is 0 Å². The lowest BCUT2D eigenvalue weighted by atomic mass is 10.2. The first-order chi connectivity index (χ1) is 11.7. The second-order valence-electron chi connectivity index (χ2n) is 5.63. The molecule has 5 heteroatoms. The number of nitriles is 1. The van der Waals surface area contributed by atoms with Crippen LogP contribution >= 0.6 is 11.8 Å². The minimum atomic E-state index is -0.0939. The Labute approximate surface area is 144 Å². The molecule has 24 heavy (non-hydrogen) atoms. The summed E-state index contributed by atoms with van der Waals surface area (Å²) in [6, 6.07) is 19.5. The topological polar surface area (TPSA) is 58.7 Å². The molecule has 0 bridgehead atoms. The van der Waals surface area contributed by atoms with Crippen LogP contribution in [0.25, 0.3) is 10.9 Å². The predicted octanol–water partition coefficient (Wildman–Crippen LogP) is 3.70. The lowest BCUT2D eigenvalue weighted by Gasteiger charge is -2.13. The number of benzene rings is 2. The Bertz CT molecular complexity index is 944. The molecule has 0 saturated carbocycles. The summed E-state index contributed by atoms with van der Waals surface area (Å²) < 4.78 is 1.70. The Morgan fingerprint density at radius 1 is 1.17 bits per heavy atom. The summed E-state index contributed by atoms with van der Waals surface area (Å²) in [5.41, 5.74) is 1.70. The van der Waals surface area contributed by atoms with Crippen molar-refractivity contribution in [3.8, 4) is 6.07 Å². The molecule has 1 heterocycles. The van der Waals surface area contributed by atoms with E-state index in [1.54, 1.807) is 10.6 Å². The fraction of sp³-hybridized carbons (Fsp3) is 0.211. The van der Waals surface area contributed by atoms with Crippen molar-refractivity contribution in [1.29, 1.82) is 5.26 Å². The van der Waals surface area contributed by atoms with Gasteiger partial charge in [-0.15, -0.1) is 0 Å². The van der Waals surface area contributed by atoms with Gasteiger partial charge in [0.2, 0.25) is 0 Å². The van der Waals surface area contributed by atoms with Crippen molar-refractivity contribution in [2.24, 2.45) is 5.92 Å². The molecule has 0 unspecified atom stereocenters. The molecule has 2 aromatic carbocycles. The average molecular weight is 335 g/mol. The monoisotopic (exact) mass is 335 g/mol. The van der Waals surface area contributed by atoms with Crippen molar-refractivity contribution in [2.75, 3.05) is 5.75 Å². The number of nitrogens with zero attached hydrogens (tertiary/aromatic N) is 3. The van der Waals surface area contributed by atoms with Crippen LogP contribution in [-0.2, 0) is 6.54 Å². The summed E-state index contributed by atoms with van der Waals surface area (Å²) in [7, 11) is 0. The van der Waals surface area contributed by atoms with Gasteiger partial charge in [-0.1, -0.05) is 54.2 Å². The molecule has 1 aromatic heterocycles. The lowest BCUT2D eigenvalue weighted by molar-refractivity contribution is 0.657. The quantitative estimate of drug-likeness (QED) is 0.527. The standard InChI is InChI=1S/C19H17N3OS/c1-14(11-20)13-24-19-21-17-10-6-5-9-16(17)18(23)22(19)12-15-7-3-2-4-8-15/h2-10,14H,12-13H2,1H3/t14-/m1/s1. The summed E-state index contributed by atoms with van der Waals surface area (Å²) >= 11 is 1.46. The molecule has 3 aromatic rings. The van der Waals surface area contributed by atoms with Crippen LogP contribution in [-0.4, -0.2) is 15.3 Å². The Balaban J connectivity index is 2.07. The Hall–Kier alpha value is -2.58. The highest BCUT2D eigenvalue weighted by Crippen LogP contribution is 2.21. The smallest absolute Gasteiger partial charge is 0.262 e. The molecule has 0 amide bonds. The highest BCUT2D eigenvalue weighted by Gasteiger charge is 2.13. The van der Waals surface area contributed by atoms with E-state index in [2.05, 4.69) is 11.1 Å². The van der Waals surface area contributed by atoms with Crippen molar-refractivity contribution >= 4 is 22.7 Å². The van der Waals surface area contributed by atoms with Crippen molar-refractivity contribution in [3.05, 3.63) is 70.5 Å². The second kappa shape index (κ2) is 7.33. The number of para-hydroxylation sites is 1. The molecule has 120 valence electrons. The first-order valence-electron chi connectivity index (χ1n) is 7.75. The van der Waals surface area contributed by atoms with Crippen molar-refractivity contribution in [1.82, 2.24) is 9.55 Å². The second-order valence-corrected chi connectivity index (χ2v) is 6.62. The maximum absolute atomic E-state index is 12.9. The molecular formula is C19H17N3OS. The highest BCUT2D eigenvalue weighted by atomic mass is 32.2. The van der Waals surface area contributed by atoms with Gasteiger partial charge in [-0.05, 0) is 24.6 Å². The highest BCUT2D eigenvalue weighted by molar-refractivity contribution is 7.99. The van der Waals surface area contributed by atoms with Crippen LogP contribution in [0.2, 0.25) is 0 Å². The number of aromatic nitrogens is 2. The molecular weight excluding hydrogens is 318 g/mol. The van der Waals surface area contributed by atoms with Crippen molar-refractivity contribution < 1.29 is 0 Å². The van der Waals surface area contributed by atoms with Gasteiger partial charge >= 0.3 is 0 Å². The third kappa shape index (κ3) is 3.50. The zero-order valence-electron chi connectivity index (χ0n) is 13.3. The summed E-state index contributed by atoms with van der Waals surface area (Å²) in [5.74, 6) is 0.513. The fourth-order valence-electron chi connectivity index (χ4n) is 2.40. The van der Waals surface area contributed by atoms with E-state index in [0.717, 1.165) is 5.56 Å². The molecule has 0 N–H and O–H groups in total. The number of rotatable bonds is 5. The molecule has 0 saturated heterocycles. The van der Waals surface area contributed by atoms with E-state index in [1.807, 2.05) is 55.5 Å². The third-order valence-corrected chi connectivity index (χ3v) is 4.93. The van der Waals surface area contributed by atoms with Crippen molar-refractivity contribution in [3.63, 3.8) is 0 Å². The van der Waals surface area contributed by atoms with Gasteiger partial charge < -0.3 is 0 Å². The molecule has 0 aliphatic heterocycles. The van der Waals surface area contributed by atoms with Crippen LogP contribution in [0.5, 0.6) is 0 Å². The Kier molecular flexibility index (Phi) is 4.97. The van der Waals surface area contributed by atoms with Gasteiger partial charge in [0, 0.05) is 5.75 Å². The summed E-state index contributed by atoms with van der Waals surface area (Å²) in [6.07, 6.45) is 0.